The van der Waals surface area contributed by atoms with Crippen molar-refractivity contribution in [2.24, 2.45) is 5.92 Å². The molecule has 1 unspecified atom stereocenters. The molecule has 1 aromatic heterocycles. The van der Waals surface area contributed by atoms with Crippen LogP contribution in [0.25, 0.3) is 11.0 Å². The predicted molar refractivity (Wildman–Crippen MR) is 101 cm³/mol. The van der Waals surface area contributed by atoms with Crippen molar-refractivity contribution >= 4 is 22.9 Å². The lowest BCUT2D eigenvalue weighted by Crippen LogP contribution is -2.52. The van der Waals surface area contributed by atoms with Crippen molar-refractivity contribution in [3.63, 3.8) is 0 Å². The van der Waals surface area contributed by atoms with Crippen LogP contribution in [0.4, 0.5) is 0 Å². The zero-order valence-corrected chi connectivity index (χ0v) is 16.6. The van der Waals surface area contributed by atoms with E-state index in [1.54, 1.807) is 39.0 Å². The molecule has 0 saturated heterocycles. The van der Waals surface area contributed by atoms with Crippen LogP contribution in [-0.2, 0) is 19.1 Å². The molecule has 28 heavy (non-hydrogen) atoms. The van der Waals surface area contributed by atoms with Crippen molar-refractivity contribution in [2.45, 2.75) is 58.8 Å². The van der Waals surface area contributed by atoms with Gasteiger partial charge in [0.1, 0.15) is 16.9 Å². The highest BCUT2D eigenvalue weighted by atomic mass is 16.6. The fourth-order valence-corrected chi connectivity index (χ4v) is 3.26. The maximum Gasteiger partial charge on any atom is 0.336 e. The van der Waals surface area contributed by atoms with E-state index in [2.05, 4.69) is 0 Å². The second-order valence-electron chi connectivity index (χ2n) is 7.55. The Morgan fingerprint density at radius 3 is 2.50 bits per heavy atom. The Balaban J connectivity index is 2.19. The highest BCUT2D eigenvalue weighted by Gasteiger charge is 2.50. The summed E-state index contributed by atoms with van der Waals surface area (Å²) in [5, 5.41) is 0.644. The van der Waals surface area contributed by atoms with Crippen LogP contribution in [0.5, 0.6) is 5.75 Å². The molecule has 0 spiro atoms. The molecule has 150 valence electrons. The molecule has 0 fully saturated rings. The highest BCUT2D eigenvalue weighted by Crippen LogP contribution is 2.46. The molecule has 7 heteroatoms. The minimum atomic E-state index is -0.974. The Morgan fingerprint density at radius 1 is 1.18 bits per heavy atom. The molecule has 0 bridgehead atoms. The van der Waals surface area contributed by atoms with Crippen molar-refractivity contribution in [2.75, 3.05) is 0 Å². The number of esters is 2. The quantitative estimate of drug-likeness (QED) is 0.584. The summed E-state index contributed by atoms with van der Waals surface area (Å²) < 4.78 is 22.8. The molecule has 2 heterocycles. The summed E-state index contributed by atoms with van der Waals surface area (Å²) in [6, 6.07) is 6.40. The second-order valence-corrected chi connectivity index (χ2v) is 7.55. The van der Waals surface area contributed by atoms with E-state index in [9.17, 15) is 14.4 Å². The first-order chi connectivity index (χ1) is 13.1. The Morgan fingerprint density at radius 2 is 1.86 bits per heavy atom. The third-order valence-electron chi connectivity index (χ3n) is 4.96. The van der Waals surface area contributed by atoms with Crippen LogP contribution in [0, 0.1) is 5.92 Å². The Bertz CT molecular complexity index is 972. The smallest absolute Gasteiger partial charge is 0.336 e. The lowest BCUT2D eigenvalue weighted by atomic mass is 9.87. The summed E-state index contributed by atoms with van der Waals surface area (Å²) in [6.45, 7) is 8.44. The van der Waals surface area contributed by atoms with Gasteiger partial charge in [0.25, 0.3) is 0 Å². The average Bonchev–Trinajstić information content (AvgIpc) is 2.62. The normalized spacial score (nSPS) is 21.3. The van der Waals surface area contributed by atoms with Gasteiger partial charge in [-0.15, -0.1) is 0 Å². The molecular weight excluding hydrogens is 364 g/mol. The topological polar surface area (TPSA) is 92.0 Å². The van der Waals surface area contributed by atoms with Gasteiger partial charge in [0.15, 0.2) is 12.2 Å². The van der Waals surface area contributed by atoms with E-state index < -0.39 is 35.4 Å². The molecular formula is C21H24O7. The summed E-state index contributed by atoms with van der Waals surface area (Å²) in [7, 11) is 0. The van der Waals surface area contributed by atoms with Crippen LogP contribution >= 0.6 is 0 Å². The fourth-order valence-electron chi connectivity index (χ4n) is 3.26. The molecule has 1 aliphatic heterocycles. The SMILES string of the molecule is CCC(C)C(=O)O[C@@H]1[C@@H](OC(C)=O)c2c(ccc3ccc(=O)oc23)OC1(C)C. The molecule has 0 saturated carbocycles. The summed E-state index contributed by atoms with van der Waals surface area (Å²) in [5.74, 6) is -0.866. The number of carbonyl (C=O) groups excluding carboxylic acids is 2. The van der Waals surface area contributed by atoms with Gasteiger partial charge in [0.2, 0.25) is 0 Å². The van der Waals surface area contributed by atoms with Crippen LogP contribution in [-0.4, -0.2) is 23.6 Å². The van der Waals surface area contributed by atoms with Crippen molar-refractivity contribution in [3.8, 4) is 5.75 Å². The number of fused-ring (bicyclic) bond motifs is 3. The van der Waals surface area contributed by atoms with E-state index in [0.29, 0.717) is 23.1 Å². The van der Waals surface area contributed by atoms with Crippen LogP contribution < -0.4 is 10.4 Å². The number of ether oxygens (including phenoxy) is 3. The largest absolute Gasteiger partial charge is 0.483 e. The number of hydrogen-bond acceptors (Lipinski definition) is 7. The van der Waals surface area contributed by atoms with Gasteiger partial charge in [-0.2, -0.15) is 0 Å². The van der Waals surface area contributed by atoms with Crippen molar-refractivity contribution in [3.05, 3.63) is 40.2 Å². The van der Waals surface area contributed by atoms with Crippen LogP contribution in [0.15, 0.2) is 33.5 Å². The molecule has 3 rings (SSSR count). The van der Waals surface area contributed by atoms with Gasteiger partial charge in [-0.05, 0) is 38.5 Å². The van der Waals surface area contributed by atoms with Gasteiger partial charge < -0.3 is 18.6 Å². The van der Waals surface area contributed by atoms with Crippen LogP contribution in [0.3, 0.4) is 0 Å². The molecule has 0 N–H and O–H groups in total. The average molecular weight is 388 g/mol. The maximum atomic E-state index is 12.5. The Kier molecular flexibility index (Phi) is 5.19. The van der Waals surface area contributed by atoms with Gasteiger partial charge in [0.05, 0.1) is 11.5 Å². The van der Waals surface area contributed by atoms with Gasteiger partial charge in [-0.25, -0.2) is 4.79 Å². The highest BCUT2D eigenvalue weighted by molar-refractivity contribution is 5.83. The third-order valence-corrected chi connectivity index (χ3v) is 4.96. The molecule has 7 nitrogen and oxygen atoms in total. The lowest BCUT2D eigenvalue weighted by Gasteiger charge is -2.43. The summed E-state index contributed by atoms with van der Waals surface area (Å²) in [4.78, 5) is 36.2. The van der Waals surface area contributed by atoms with Gasteiger partial charge in [-0.1, -0.05) is 13.8 Å². The van der Waals surface area contributed by atoms with E-state index in [1.807, 2.05) is 6.92 Å². The second kappa shape index (κ2) is 7.30. The van der Waals surface area contributed by atoms with E-state index in [-0.39, 0.29) is 11.5 Å². The summed E-state index contributed by atoms with van der Waals surface area (Å²) in [6.07, 6.45) is -1.28. The molecule has 0 amide bonds. The Hall–Kier alpha value is -2.83. The number of hydrogen-bond donors (Lipinski definition) is 0. The number of rotatable bonds is 4. The zero-order chi connectivity index (χ0) is 20.6. The minimum absolute atomic E-state index is 0.247. The van der Waals surface area contributed by atoms with Gasteiger partial charge >= 0.3 is 17.6 Å². The first-order valence-electron chi connectivity index (χ1n) is 9.27. The molecule has 0 aliphatic carbocycles. The number of benzene rings is 1. The van der Waals surface area contributed by atoms with Crippen molar-refractivity contribution in [1.29, 1.82) is 0 Å². The molecule has 3 atom stereocenters. The van der Waals surface area contributed by atoms with Crippen molar-refractivity contribution in [1.82, 2.24) is 0 Å². The summed E-state index contributed by atoms with van der Waals surface area (Å²) >= 11 is 0. The van der Waals surface area contributed by atoms with Crippen LogP contribution in [0.2, 0.25) is 0 Å². The van der Waals surface area contributed by atoms with Gasteiger partial charge in [0, 0.05) is 18.4 Å². The zero-order valence-electron chi connectivity index (χ0n) is 16.6. The fraction of sp³-hybridized carbons (Fsp3) is 0.476. The predicted octanol–water partition coefficient (Wildman–Crippen LogP) is 3.53. The monoisotopic (exact) mass is 388 g/mol. The number of carbonyl (C=O) groups is 2. The maximum absolute atomic E-state index is 12.5. The Labute approximate surface area is 162 Å². The minimum Gasteiger partial charge on any atom is -0.483 e. The van der Waals surface area contributed by atoms with Gasteiger partial charge in [-0.3, -0.25) is 9.59 Å². The molecule has 1 aliphatic rings. The van der Waals surface area contributed by atoms with E-state index in [4.69, 9.17) is 18.6 Å². The third kappa shape index (κ3) is 3.61. The first kappa shape index (κ1) is 19.9. The van der Waals surface area contributed by atoms with E-state index in [1.165, 1.54) is 13.0 Å². The summed E-state index contributed by atoms with van der Waals surface area (Å²) in [5.41, 5.74) is -0.887. The van der Waals surface area contributed by atoms with Crippen molar-refractivity contribution < 1.29 is 28.2 Å². The van der Waals surface area contributed by atoms with E-state index >= 15 is 0 Å². The lowest BCUT2D eigenvalue weighted by molar-refractivity contribution is -0.192. The molecule has 0 radical (unpaired) electrons. The van der Waals surface area contributed by atoms with E-state index in [0.717, 1.165) is 0 Å². The standard InChI is InChI=1S/C21H24O7/c1-6-11(2)20(24)27-19-18(25-12(3)22)16-14(28-21(19,4)5)9-7-13-8-10-15(23)26-17(13)16/h7-11,18-19H,6H2,1-5H3/t11?,18-,19+/m0/s1. The molecule has 1 aromatic carbocycles. The molecule has 2 aromatic rings. The van der Waals surface area contributed by atoms with Crippen LogP contribution in [0.1, 0.15) is 52.7 Å². The first-order valence-corrected chi connectivity index (χ1v) is 9.27.